The second-order valence-corrected chi connectivity index (χ2v) is 4.27. The van der Waals surface area contributed by atoms with E-state index >= 15 is 0 Å². The van der Waals surface area contributed by atoms with Gasteiger partial charge in [-0.25, -0.2) is 9.82 Å². The van der Waals surface area contributed by atoms with Gasteiger partial charge in [0.25, 0.3) is 5.91 Å². The van der Waals surface area contributed by atoms with Crippen LogP contribution in [0.4, 0.5) is 10.1 Å². The van der Waals surface area contributed by atoms with Gasteiger partial charge < -0.3 is 5.73 Å². The van der Waals surface area contributed by atoms with Gasteiger partial charge in [0.15, 0.2) is 0 Å². The molecule has 0 aliphatic carbocycles. The first-order valence-electron chi connectivity index (χ1n) is 6.02. The first-order valence-corrected chi connectivity index (χ1v) is 6.02. The van der Waals surface area contributed by atoms with Gasteiger partial charge in [0, 0.05) is 11.3 Å². The summed E-state index contributed by atoms with van der Waals surface area (Å²) in [5, 5.41) is 4.01. The molecule has 0 saturated carbocycles. The van der Waals surface area contributed by atoms with E-state index in [0.717, 1.165) is 5.56 Å². The molecule has 5 heteroatoms. The van der Waals surface area contributed by atoms with Crippen molar-refractivity contribution < 1.29 is 9.18 Å². The molecule has 0 fully saturated rings. The van der Waals surface area contributed by atoms with Gasteiger partial charge in [0.1, 0.15) is 5.82 Å². The zero-order chi connectivity index (χ0) is 14.5. The second kappa shape index (κ2) is 5.97. The normalized spacial score (nSPS) is 11.2. The highest BCUT2D eigenvalue weighted by Gasteiger charge is 2.04. The van der Waals surface area contributed by atoms with Crippen molar-refractivity contribution in [3.63, 3.8) is 0 Å². The van der Waals surface area contributed by atoms with Gasteiger partial charge in [0.05, 0.1) is 5.71 Å². The first kappa shape index (κ1) is 13.7. The lowest BCUT2D eigenvalue weighted by Crippen LogP contribution is -2.19. The number of nitrogens with zero attached hydrogens (tertiary/aromatic N) is 1. The van der Waals surface area contributed by atoms with E-state index in [1.54, 1.807) is 19.1 Å². The smallest absolute Gasteiger partial charge is 0.271 e. The zero-order valence-corrected chi connectivity index (χ0v) is 10.9. The van der Waals surface area contributed by atoms with Crippen LogP contribution in [0.2, 0.25) is 0 Å². The zero-order valence-electron chi connectivity index (χ0n) is 10.9. The molecule has 2 aromatic rings. The van der Waals surface area contributed by atoms with Gasteiger partial charge in [-0.1, -0.05) is 12.1 Å². The summed E-state index contributed by atoms with van der Waals surface area (Å²) in [7, 11) is 0. The largest absolute Gasteiger partial charge is 0.399 e. The Kier molecular flexibility index (Phi) is 4.10. The number of nitrogens with two attached hydrogens (primary N) is 1. The quantitative estimate of drug-likeness (QED) is 0.512. The fourth-order valence-electron chi connectivity index (χ4n) is 1.59. The molecule has 2 aromatic carbocycles. The highest BCUT2D eigenvalue weighted by atomic mass is 19.1. The number of anilines is 1. The second-order valence-electron chi connectivity index (χ2n) is 4.27. The van der Waals surface area contributed by atoms with Gasteiger partial charge in [-0.2, -0.15) is 5.10 Å². The summed E-state index contributed by atoms with van der Waals surface area (Å²) in [6.45, 7) is 1.77. The maximum absolute atomic E-state index is 12.7. The lowest BCUT2D eigenvalue weighted by Gasteiger charge is -2.03. The van der Waals surface area contributed by atoms with Crippen LogP contribution in [0.5, 0.6) is 0 Å². The lowest BCUT2D eigenvalue weighted by molar-refractivity contribution is 0.0955. The number of nitrogens with one attached hydrogen (secondary N) is 1. The lowest BCUT2D eigenvalue weighted by atomic mass is 10.1. The highest BCUT2D eigenvalue weighted by molar-refractivity contribution is 6.01. The van der Waals surface area contributed by atoms with E-state index in [4.69, 9.17) is 5.73 Å². The molecule has 102 valence electrons. The Morgan fingerprint density at radius 2 is 1.60 bits per heavy atom. The van der Waals surface area contributed by atoms with Gasteiger partial charge in [-0.15, -0.1) is 0 Å². The SMILES string of the molecule is C/C(=N\NC(=O)c1ccc(F)cc1)c1ccc(N)cc1. The van der Waals surface area contributed by atoms with Crippen LogP contribution in [0.3, 0.4) is 0 Å². The molecule has 4 nitrogen and oxygen atoms in total. The molecular weight excluding hydrogens is 257 g/mol. The van der Waals surface area contributed by atoms with Crippen LogP contribution in [0.15, 0.2) is 53.6 Å². The van der Waals surface area contributed by atoms with Crippen LogP contribution in [-0.2, 0) is 0 Å². The van der Waals surface area contributed by atoms with Crippen molar-refractivity contribution in [2.45, 2.75) is 6.92 Å². The van der Waals surface area contributed by atoms with Crippen molar-refractivity contribution >= 4 is 17.3 Å². The molecule has 0 aliphatic rings. The molecular formula is C15H14FN3O. The Bertz CT molecular complexity index is 633. The van der Waals surface area contributed by atoms with Gasteiger partial charge in [-0.05, 0) is 48.9 Å². The fourth-order valence-corrected chi connectivity index (χ4v) is 1.59. The Hall–Kier alpha value is -2.69. The number of hydrogen-bond acceptors (Lipinski definition) is 3. The van der Waals surface area contributed by atoms with Crippen molar-refractivity contribution in [2.24, 2.45) is 5.10 Å². The molecule has 0 saturated heterocycles. The third kappa shape index (κ3) is 3.41. The molecule has 0 spiro atoms. The van der Waals surface area contributed by atoms with E-state index in [-0.39, 0.29) is 11.7 Å². The Morgan fingerprint density at radius 3 is 2.20 bits per heavy atom. The number of benzene rings is 2. The highest BCUT2D eigenvalue weighted by Crippen LogP contribution is 2.07. The fraction of sp³-hybridized carbons (Fsp3) is 0.0667. The molecule has 0 aliphatic heterocycles. The van der Waals surface area contributed by atoms with Crippen LogP contribution < -0.4 is 11.2 Å². The Morgan fingerprint density at radius 1 is 1.05 bits per heavy atom. The third-order valence-corrected chi connectivity index (χ3v) is 2.76. The summed E-state index contributed by atoms with van der Waals surface area (Å²) in [4.78, 5) is 11.8. The monoisotopic (exact) mass is 271 g/mol. The van der Waals surface area contributed by atoms with E-state index < -0.39 is 0 Å². The molecule has 3 N–H and O–H groups in total. The first-order chi connectivity index (χ1) is 9.56. The van der Waals surface area contributed by atoms with Gasteiger partial charge in [0.2, 0.25) is 0 Å². The summed E-state index contributed by atoms with van der Waals surface area (Å²) < 4.78 is 12.7. The summed E-state index contributed by atoms with van der Waals surface area (Å²) in [5.41, 5.74) is 10.5. The van der Waals surface area contributed by atoms with Crippen LogP contribution in [0, 0.1) is 5.82 Å². The van der Waals surface area contributed by atoms with Crippen molar-refractivity contribution in [1.29, 1.82) is 0 Å². The minimum atomic E-state index is -0.389. The topological polar surface area (TPSA) is 67.5 Å². The predicted octanol–water partition coefficient (Wildman–Crippen LogP) is 2.56. The average Bonchev–Trinajstić information content (AvgIpc) is 2.46. The number of amides is 1. The van der Waals surface area contributed by atoms with Crippen LogP contribution in [0.1, 0.15) is 22.8 Å². The molecule has 20 heavy (non-hydrogen) atoms. The molecule has 0 bridgehead atoms. The summed E-state index contributed by atoms with van der Waals surface area (Å²) in [6.07, 6.45) is 0. The Balaban J connectivity index is 2.06. The number of halogens is 1. The van der Waals surface area contributed by atoms with Crippen molar-refractivity contribution in [2.75, 3.05) is 5.73 Å². The number of hydrazone groups is 1. The summed E-state index contributed by atoms with van der Waals surface area (Å²) in [5.74, 6) is -0.775. The molecule has 1 amide bonds. The number of carbonyl (C=O) groups excluding carboxylic acids is 1. The molecule has 0 radical (unpaired) electrons. The predicted molar refractivity (Wildman–Crippen MR) is 76.9 cm³/mol. The van der Waals surface area contributed by atoms with Crippen LogP contribution >= 0.6 is 0 Å². The van der Waals surface area contributed by atoms with E-state index in [1.807, 2.05) is 12.1 Å². The number of nitrogen functional groups attached to an aromatic ring is 1. The molecule has 0 heterocycles. The van der Waals surface area contributed by atoms with E-state index in [0.29, 0.717) is 17.0 Å². The minimum Gasteiger partial charge on any atom is -0.399 e. The van der Waals surface area contributed by atoms with Crippen LogP contribution in [-0.4, -0.2) is 11.6 Å². The third-order valence-electron chi connectivity index (χ3n) is 2.76. The average molecular weight is 271 g/mol. The maximum atomic E-state index is 12.7. The van der Waals surface area contributed by atoms with Crippen LogP contribution in [0.25, 0.3) is 0 Å². The van der Waals surface area contributed by atoms with Crippen molar-refractivity contribution in [3.05, 3.63) is 65.5 Å². The van der Waals surface area contributed by atoms with Crippen molar-refractivity contribution in [1.82, 2.24) is 5.43 Å². The standard InChI is InChI=1S/C15H14FN3O/c1-10(11-4-8-14(17)9-5-11)18-19-15(20)12-2-6-13(16)7-3-12/h2-9H,17H2,1H3,(H,19,20)/b18-10+. The maximum Gasteiger partial charge on any atom is 0.271 e. The Labute approximate surface area is 116 Å². The summed E-state index contributed by atoms with van der Waals surface area (Å²) in [6, 6.07) is 12.4. The van der Waals surface area contributed by atoms with Crippen molar-refractivity contribution in [3.8, 4) is 0 Å². The van der Waals surface area contributed by atoms with E-state index in [9.17, 15) is 9.18 Å². The minimum absolute atomic E-state index is 0.347. The molecule has 0 unspecified atom stereocenters. The number of hydrogen-bond donors (Lipinski definition) is 2. The molecule has 0 aromatic heterocycles. The summed E-state index contributed by atoms with van der Waals surface area (Å²) >= 11 is 0. The van der Waals surface area contributed by atoms with E-state index in [2.05, 4.69) is 10.5 Å². The van der Waals surface area contributed by atoms with Gasteiger partial charge >= 0.3 is 0 Å². The molecule has 0 atom stereocenters. The van der Waals surface area contributed by atoms with Gasteiger partial charge in [-0.3, -0.25) is 4.79 Å². The van der Waals surface area contributed by atoms with E-state index in [1.165, 1.54) is 24.3 Å². The molecule has 2 rings (SSSR count). The number of carbonyl (C=O) groups is 1. The number of rotatable bonds is 3.